The van der Waals surface area contributed by atoms with Gasteiger partial charge in [-0.3, -0.25) is 0 Å². The van der Waals surface area contributed by atoms with Crippen molar-refractivity contribution in [1.82, 2.24) is 9.80 Å². The molecule has 2 saturated heterocycles. The van der Waals surface area contributed by atoms with Gasteiger partial charge in [-0.25, -0.2) is 0 Å². The molecule has 4 fully saturated rings. The van der Waals surface area contributed by atoms with Crippen LogP contribution >= 0.6 is 0 Å². The number of likely N-dealkylation sites (N-methyl/N-ethyl adjacent to an activating group) is 2. The molecular weight excluding hydrogens is 472 g/mol. The minimum atomic E-state index is 0.377. The van der Waals surface area contributed by atoms with Crippen molar-refractivity contribution < 1.29 is 0 Å². The molecule has 39 heavy (non-hydrogen) atoms. The van der Waals surface area contributed by atoms with E-state index >= 15 is 0 Å². The van der Waals surface area contributed by atoms with Gasteiger partial charge in [-0.15, -0.1) is 0 Å². The number of hydrogen-bond donors (Lipinski definition) is 0. The second kappa shape index (κ2) is 8.93. The third-order valence-corrected chi connectivity index (χ3v) is 13.5. The molecule has 8 rings (SSSR count). The normalized spacial score (nSPS) is 39.3. The Balaban J connectivity index is 1.26. The SMILES string of the molecule is CCc1cc(C2CCC3C4Cc5ccc(C)cc5C3(CCN4C)C2)c2c(c1)C13CCCCC1C(C2)N(C)CC3. The summed E-state index contributed by atoms with van der Waals surface area (Å²) in [5, 5.41) is 0. The van der Waals surface area contributed by atoms with E-state index in [9.17, 15) is 0 Å². The first-order chi connectivity index (χ1) is 18.9. The van der Waals surface area contributed by atoms with Crippen molar-refractivity contribution in [3.63, 3.8) is 0 Å². The van der Waals surface area contributed by atoms with E-state index in [0.29, 0.717) is 10.8 Å². The van der Waals surface area contributed by atoms with Crippen LogP contribution in [0.1, 0.15) is 110 Å². The first-order valence-corrected chi connectivity index (χ1v) is 16.6. The lowest BCUT2D eigenvalue weighted by molar-refractivity contribution is -0.00532. The number of nitrogens with zero attached hydrogens (tertiary/aromatic N) is 2. The lowest BCUT2D eigenvalue weighted by Gasteiger charge is -2.61. The topological polar surface area (TPSA) is 6.48 Å². The molecule has 2 saturated carbocycles. The summed E-state index contributed by atoms with van der Waals surface area (Å²) in [6, 6.07) is 14.4. The minimum Gasteiger partial charge on any atom is -0.303 e. The van der Waals surface area contributed by atoms with E-state index in [1.54, 1.807) is 22.3 Å². The van der Waals surface area contributed by atoms with Crippen LogP contribution in [0, 0.1) is 18.8 Å². The molecule has 0 spiro atoms. The summed E-state index contributed by atoms with van der Waals surface area (Å²) in [4.78, 5) is 5.50. The zero-order valence-electron chi connectivity index (χ0n) is 25.1. The van der Waals surface area contributed by atoms with Crippen LogP contribution in [0.2, 0.25) is 0 Å². The van der Waals surface area contributed by atoms with E-state index in [0.717, 1.165) is 29.8 Å². The summed E-state index contributed by atoms with van der Waals surface area (Å²) < 4.78 is 0. The maximum absolute atomic E-state index is 2.77. The molecule has 208 valence electrons. The molecule has 2 aromatic rings. The van der Waals surface area contributed by atoms with Gasteiger partial charge in [0, 0.05) is 22.9 Å². The number of benzene rings is 2. The van der Waals surface area contributed by atoms with Gasteiger partial charge < -0.3 is 9.80 Å². The van der Waals surface area contributed by atoms with Gasteiger partial charge in [0.15, 0.2) is 0 Å². The van der Waals surface area contributed by atoms with Crippen molar-refractivity contribution in [1.29, 1.82) is 0 Å². The number of hydrogen-bond acceptors (Lipinski definition) is 2. The summed E-state index contributed by atoms with van der Waals surface area (Å²) in [7, 11) is 4.86. The Morgan fingerprint density at radius 2 is 1.56 bits per heavy atom. The average molecular weight is 523 g/mol. The fourth-order valence-corrected chi connectivity index (χ4v) is 11.6. The van der Waals surface area contributed by atoms with Crippen LogP contribution in [0.25, 0.3) is 0 Å². The minimum absolute atomic E-state index is 0.377. The second-order valence-corrected chi connectivity index (χ2v) is 15.0. The van der Waals surface area contributed by atoms with Crippen LogP contribution in [0.4, 0.5) is 0 Å². The zero-order valence-corrected chi connectivity index (χ0v) is 25.1. The van der Waals surface area contributed by atoms with Crippen LogP contribution in [0.3, 0.4) is 0 Å². The third-order valence-electron chi connectivity index (χ3n) is 13.5. The van der Waals surface area contributed by atoms with Gasteiger partial charge in [-0.2, -0.15) is 0 Å². The van der Waals surface area contributed by atoms with Crippen LogP contribution in [-0.4, -0.2) is 49.1 Å². The summed E-state index contributed by atoms with van der Waals surface area (Å²) >= 11 is 0. The molecule has 2 nitrogen and oxygen atoms in total. The largest absolute Gasteiger partial charge is 0.303 e. The van der Waals surface area contributed by atoms with Crippen LogP contribution in [-0.2, 0) is 30.1 Å². The monoisotopic (exact) mass is 522 g/mol. The Labute approximate surface area is 237 Å². The highest BCUT2D eigenvalue weighted by atomic mass is 15.2. The van der Waals surface area contributed by atoms with E-state index < -0.39 is 0 Å². The van der Waals surface area contributed by atoms with E-state index in [2.05, 4.69) is 68.1 Å². The lowest BCUT2D eigenvalue weighted by atomic mass is 9.48. The van der Waals surface area contributed by atoms with Crippen LogP contribution < -0.4 is 0 Å². The van der Waals surface area contributed by atoms with Crippen LogP contribution in [0.15, 0.2) is 30.3 Å². The fraction of sp³-hybridized carbons (Fsp3) is 0.676. The molecule has 6 aliphatic rings. The molecule has 2 heteroatoms. The summed E-state index contributed by atoms with van der Waals surface area (Å²) in [5.41, 5.74) is 12.8. The van der Waals surface area contributed by atoms with Crippen LogP contribution in [0.5, 0.6) is 0 Å². The molecular formula is C37H50N2. The Kier molecular flexibility index (Phi) is 5.75. The molecule has 0 aromatic heterocycles. The standard InChI is InChI=1S/C37H50N2/c1-5-25-19-28(29-22-35-30-8-6-7-13-36(30,33(29)20-25)14-16-39(35)4)27-11-12-31-34-21-26-10-9-24(2)18-32(26)37(31,23-27)15-17-38(34)3/h9-10,18-20,27,30-31,34-35H,5-8,11-17,21-23H2,1-4H3. The maximum Gasteiger partial charge on any atom is 0.0170 e. The Morgan fingerprint density at radius 3 is 2.38 bits per heavy atom. The third kappa shape index (κ3) is 3.46. The summed E-state index contributed by atoms with van der Waals surface area (Å²) in [6.45, 7) is 7.29. The number of aryl methyl sites for hydroxylation is 2. The second-order valence-electron chi connectivity index (χ2n) is 15.0. The number of piperidine rings is 2. The Bertz CT molecular complexity index is 1290. The van der Waals surface area contributed by atoms with Gasteiger partial charge in [-0.05, 0) is 149 Å². The summed E-state index contributed by atoms with van der Waals surface area (Å²) in [6.07, 6.45) is 16.5. The average Bonchev–Trinajstić information content (AvgIpc) is 2.96. The van der Waals surface area contributed by atoms with Crippen molar-refractivity contribution in [3.8, 4) is 0 Å². The molecule has 7 atom stereocenters. The van der Waals surface area contributed by atoms with Gasteiger partial charge >= 0.3 is 0 Å². The van der Waals surface area contributed by atoms with Gasteiger partial charge in [0.25, 0.3) is 0 Å². The molecule has 4 bridgehead atoms. The summed E-state index contributed by atoms with van der Waals surface area (Å²) in [5.74, 6) is 2.44. The molecule has 2 aliphatic heterocycles. The highest BCUT2D eigenvalue weighted by Crippen LogP contribution is 2.61. The van der Waals surface area contributed by atoms with Crippen molar-refractivity contribution in [2.45, 2.75) is 120 Å². The molecule has 4 aliphatic carbocycles. The van der Waals surface area contributed by atoms with Gasteiger partial charge in [-0.1, -0.05) is 55.7 Å². The maximum atomic E-state index is 2.77. The van der Waals surface area contributed by atoms with Gasteiger partial charge in [0.05, 0.1) is 0 Å². The predicted molar refractivity (Wildman–Crippen MR) is 162 cm³/mol. The highest BCUT2D eigenvalue weighted by molar-refractivity contribution is 5.51. The predicted octanol–water partition coefficient (Wildman–Crippen LogP) is 7.33. The van der Waals surface area contributed by atoms with Gasteiger partial charge in [0.1, 0.15) is 0 Å². The molecule has 0 amide bonds. The lowest BCUT2D eigenvalue weighted by Crippen LogP contribution is -2.61. The van der Waals surface area contributed by atoms with Crippen molar-refractivity contribution >= 4 is 0 Å². The first kappa shape index (κ1) is 25.1. The van der Waals surface area contributed by atoms with E-state index in [-0.39, 0.29) is 0 Å². The number of rotatable bonds is 2. The number of likely N-dealkylation sites (tertiary alicyclic amines) is 2. The molecule has 0 N–H and O–H groups in total. The first-order valence-electron chi connectivity index (χ1n) is 16.6. The van der Waals surface area contributed by atoms with Gasteiger partial charge in [0.2, 0.25) is 0 Å². The zero-order chi connectivity index (χ0) is 26.5. The Hall–Kier alpha value is -1.64. The molecule has 7 unspecified atom stereocenters. The fourth-order valence-electron chi connectivity index (χ4n) is 11.6. The van der Waals surface area contributed by atoms with Crippen molar-refractivity contribution in [2.75, 3.05) is 27.2 Å². The van der Waals surface area contributed by atoms with E-state index in [4.69, 9.17) is 0 Å². The van der Waals surface area contributed by atoms with Crippen molar-refractivity contribution in [3.05, 3.63) is 69.3 Å². The van der Waals surface area contributed by atoms with E-state index in [1.165, 1.54) is 95.7 Å². The Morgan fingerprint density at radius 1 is 0.795 bits per heavy atom. The van der Waals surface area contributed by atoms with Crippen molar-refractivity contribution in [2.24, 2.45) is 11.8 Å². The molecule has 2 heterocycles. The quantitative estimate of drug-likeness (QED) is 0.407. The molecule has 2 aromatic carbocycles. The van der Waals surface area contributed by atoms with E-state index in [1.807, 2.05) is 11.1 Å². The molecule has 0 radical (unpaired) electrons. The smallest absolute Gasteiger partial charge is 0.0170 e. The highest BCUT2D eigenvalue weighted by Gasteiger charge is 2.57. The number of fused-ring (bicyclic) bond motifs is 2.